The van der Waals surface area contributed by atoms with Crippen molar-refractivity contribution < 1.29 is 19.0 Å². The van der Waals surface area contributed by atoms with Gasteiger partial charge in [0, 0.05) is 12.0 Å². The van der Waals surface area contributed by atoms with Crippen LogP contribution in [-0.4, -0.2) is 25.2 Å². The third kappa shape index (κ3) is 4.54. The Morgan fingerprint density at radius 2 is 2.00 bits per heavy atom. The molecule has 0 saturated heterocycles. The Balaban J connectivity index is 1.72. The third-order valence-electron chi connectivity index (χ3n) is 4.71. The van der Waals surface area contributed by atoms with E-state index in [1.54, 1.807) is 7.11 Å². The molecule has 0 spiro atoms. The van der Waals surface area contributed by atoms with E-state index in [0.717, 1.165) is 33.9 Å². The van der Waals surface area contributed by atoms with Gasteiger partial charge in [0.15, 0.2) is 6.61 Å². The molecule has 5 heteroatoms. The van der Waals surface area contributed by atoms with E-state index < -0.39 is 0 Å². The van der Waals surface area contributed by atoms with Gasteiger partial charge in [-0.2, -0.15) is 0 Å². The first-order chi connectivity index (χ1) is 12.8. The first-order valence-corrected chi connectivity index (χ1v) is 9.14. The molecule has 2 aromatic carbocycles. The molecule has 0 saturated carbocycles. The summed E-state index contributed by atoms with van der Waals surface area (Å²) in [6, 6.07) is 11.5. The van der Waals surface area contributed by atoms with Crippen molar-refractivity contribution in [3.8, 4) is 17.2 Å². The van der Waals surface area contributed by atoms with Gasteiger partial charge < -0.3 is 19.5 Å². The highest BCUT2D eigenvalue weighted by Crippen LogP contribution is 2.41. The van der Waals surface area contributed by atoms with Crippen LogP contribution in [0.3, 0.4) is 0 Å². The second kappa shape index (κ2) is 7.51. The quantitative estimate of drug-likeness (QED) is 0.862. The van der Waals surface area contributed by atoms with Crippen molar-refractivity contribution in [2.75, 3.05) is 13.7 Å². The van der Waals surface area contributed by atoms with Crippen LogP contribution < -0.4 is 19.5 Å². The lowest BCUT2D eigenvalue weighted by atomic mass is 9.89. The molecule has 0 unspecified atom stereocenters. The number of amides is 1. The van der Waals surface area contributed by atoms with Gasteiger partial charge in [0.25, 0.3) is 5.91 Å². The average Bonchev–Trinajstić information content (AvgIpc) is 2.61. The molecule has 0 aromatic heterocycles. The van der Waals surface area contributed by atoms with Gasteiger partial charge in [0.2, 0.25) is 0 Å². The minimum absolute atomic E-state index is 0.0264. The summed E-state index contributed by atoms with van der Waals surface area (Å²) in [6.45, 7) is 7.98. The molecule has 1 amide bonds. The molecule has 144 valence electrons. The molecule has 1 aliphatic heterocycles. The number of methoxy groups -OCH3 is 1. The lowest BCUT2D eigenvalue weighted by Crippen LogP contribution is -2.42. The summed E-state index contributed by atoms with van der Waals surface area (Å²) in [5, 5.41) is 3.09. The summed E-state index contributed by atoms with van der Waals surface area (Å²) in [4.78, 5) is 12.5. The van der Waals surface area contributed by atoms with Gasteiger partial charge in [0.1, 0.15) is 22.8 Å². The Labute approximate surface area is 160 Å². The Bertz CT molecular complexity index is 844. The van der Waals surface area contributed by atoms with Crippen molar-refractivity contribution in [2.45, 2.75) is 45.8 Å². The van der Waals surface area contributed by atoms with Gasteiger partial charge in [-0.05, 0) is 63.1 Å². The van der Waals surface area contributed by atoms with Gasteiger partial charge in [-0.15, -0.1) is 0 Å². The Morgan fingerprint density at radius 3 is 2.74 bits per heavy atom. The van der Waals surface area contributed by atoms with Crippen LogP contribution in [-0.2, 0) is 4.79 Å². The molecule has 1 atom stereocenters. The summed E-state index contributed by atoms with van der Waals surface area (Å²) >= 11 is 0. The van der Waals surface area contributed by atoms with E-state index >= 15 is 0 Å². The molecule has 3 rings (SSSR count). The van der Waals surface area contributed by atoms with Gasteiger partial charge in [-0.3, -0.25) is 4.79 Å². The van der Waals surface area contributed by atoms with E-state index in [-0.39, 0.29) is 24.2 Å². The molecule has 1 N–H and O–H groups in total. The van der Waals surface area contributed by atoms with E-state index in [4.69, 9.17) is 14.2 Å². The zero-order valence-electron chi connectivity index (χ0n) is 16.6. The highest BCUT2D eigenvalue weighted by molar-refractivity contribution is 5.78. The van der Waals surface area contributed by atoms with Gasteiger partial charge in [-0.25, -0.2) is 0 Å². The van der Waals surface area contributed by atoms with Crippen LogP contribution >= 0.6 is 0 Å². The van der Waals surface area contributed by atoms with Crippen LogP contribution in [0.25, 0.3) is 0 Å². The number of benzene rings is 2. The Hall–Kier alpha value is -2.69. The van der Waals surface area contributed by atoms with Gasteiger partial charge in [0.05, 0.1) is 13.2 Å². The standard InChI is InChI=1S/C22H27NO4/c1-14-6-7-15(2)20(10-14)26-13-21(24)23-18-12-22(3,4)27-19-9-8-16(25-5)11-17(18)19/h6-11,18H,12-13H2,1-5H3,(H,23,24)/t18-/m1/s1. The van der Waals surface area contributed by atoms with Crippen LogP contribution in [0.1, 0.15) is 43.0 Å². The fourth-order valence-corrected chi connectivity index (χ4v) is 3.33. The monoisotopic (exact) mass is 369 g/mol. The van der Waals surface area contributed by atoms with Crippen LogP contribution in [0.2, 0.25) is 0 Å². The number of hydrogen-bond acceptors (Lipinski definition) is 4. The highest BCUT2D eigenvalue weighted by Gasteiger charge is 2.34. The molecule has 0 aliphatic carbocycles. The molecule has 1 aliphatic rings. The summed E-state index contributed by atoms with van der Waals surface area (Å²) in [5.41, 5.74) is 2.67. The zero-order chi connectivity index (χ0) is 19.6. The van der Waals surface area contributed by atoms with Crippen LogP contribution in [0.4, 0.5) is 0 Å². The Kier molecular flexibility index (Phi) is 5.31. The number of nitrogens with one attached hydrogen (secondary N) is 1. The van der Waals surface area contributed by atoms with E-state index in [1.165, 1.54) is 0 Å². The predicted octanol–water partition coefficient (Wildman–Crippen LogP) is 4.11. The number of carbonyl (C=O) groups excluding carboxylic acids is 1. The maximum absolute atomic E-state index is 12.5. The first kappa shape index (κ1) is 19.1. The van der Waals surface area contributed by atoms with Crippen molar-refractivity contribution in [3.05, 3.63) is 53.1 Å². The molecule has 0 fully saturated rings. The number of rotatable bonds is 5. The molecule has 0 bridgehead atoms. The second-order valence-electron chi connectivity index (χ2n) is 7.65. The Morgan fingerprint density at radius 1 is 1.22 bits per heavy atom. The van der Waals surface area contributed by atoms with E-state index in [9.17, 15) is 4.79 Å². The number of fused-ring (bicyclic) bond motifs is 1. The summed E-state index contributed by atoms with van der Waals surface area (Å²) in [7, 11) is 1.63. The van der Waals surface area contributed by atoms with Gasteiger partial charge >= 0.3 is 0 Å². The van der Waals surface area contributed by atoms with E-state index in [0.29, 0.717) is 6.42 Å². The summed E-state index contributed by atoms with van der Waals surface area (Å²) in [5.74, 6) is 2.09. The number of aryl methyl sites for hydroxylation is 2. The zero-order valence-corrected chi connectivity index (χ0v) is 16.6. The van der Waals surface area contributed by atoms with Crippen molar-refractivity contribution in [1.29, 1.82) is 0 Å². The smallest absolute Gasteiger partial charge is 0.258 e. The first-order valence-electron chi connectivity index (χ1n) is 9.14. The summed E-state index contributed by atoms with van der Waals surface area (Å²) < 4.78 is 17.1. The van der Waals surface area contributed by atoms with Crippen molar-refractivity contribution in [1.82, 2.24) is 5.32 Å². The van der Waals surface area contributed by atoms with Crippen molar-refractivity contribution in [2.24, 2.45) is 0 Å². The SMILES string of the molecule is COc1ccc2c(c1)[C@H](NC(=O)COc1cc(C)ccc1C)CC(C)(C)O2. The molecule has 27 heavy (non-hydrogen) atoms. The topological polar surface area (TPSA) is 56.8 Å². The fourth-order valence-electron chi connectivity index (χ4n) is 3.33. The van der Waals surface area contributed by atoms with E-state index in [2.05, 4.69) is 5.32 Å². The lowest BCUT2D eigenvalue weighted by molar-refractivity contribution is -0.124. The number of carbonyl (C=O) groups is 1. The molecule has 1 heterocycles. The summed E-state index contributed by atoms with van der Waals surface area (Å²) in [6.07, 6.45) is 0.669. The minimum atomic E-state index is -0.368. The normalized spacial score (nSPS) is 17.4. The maximum atomic E-state index is 12.5. The number of hydrogen-bond donors (Lipinski definition) is 1. The van der Waals surface area contributed by atoms with Crippen molar-refractivity contribution >= 4 is 5.91 Å². The highest BCUT2D eigenvalue weighted by atomic mass is 16.5. The predicted molar refractivity (Wildman–Crippen MR) is 105 cm³/mol. The van der Waals surface area contributed by atoms with Crippen LogP contribution in [0, 0.1) is 13.8 Å². The largest absolute Gasteiger partial charge is 0.497 e. The molecule has 5 nitrogen and oxygen atoms in total. The molecular formula is C22H27NO4. The molecule has 0 radical (unpaired) electrons. The lowest BCUT2D eigenvalue weighted by Gasteiger charge is -2.38. The third-order valence-corrected chi connectivity index (χ3v) is 4.71. The van der Waals surface area contributed by atoms with E-state index in [1.807, 2.05) is 64.1 Å². The molecular weight excluding hydrogens is 342 g/mol. The number of ether oxygens (including phenoxy) is 3. The van der Waals surface area contributed by atoms with Gasteiger partial charge in [-0.1, -0.05) is 12.1 Å². The average molecular weight is 369 g/mol. The van der Waals surface area contributed by atoms with Crippen molar-refractivity contribution in [3.63, 3.8) is 0 Å². The maximum Gasteiger partial charge on any atom is 0.258 e. The van der Waals surface area contributed by atoms with Crippen LogP contribution in [0.5, 0.6) is 17.2 Å². The fraction of sp³-hybridized carbons (Fsp3) is 0.409. The minimum Gasteiger partial charge on any atom is -0.497 e. The van der Waals surface area contributed by atoms with Crippen LogP contribution in [0.15, 0.2) is 36.4 Å². The molecule has 2 aromatic rings. The second-order valence-corrected chi connectivity index (χ2v) is 7.65.